The van der Waals surface area contributed by atoms with Gasteiger partial charge in [0.1, 0.15) is 6.07 Å². The van der Waals surface area contributed by atoms with Crippen LogP contribution in [0.4, 0.5) is 10.1 Å². The van der Waals surface area contributed by atoms with Gasteiger partial charge in [0.15, 0.2) is 5.82 Å². The predicted molar refractivity (Wildman–Crippen MR) is 73.3 cm³/mol. The SMILES string of the molecule is CCOC(=O)CCN(C)c1ccc(C#N)c(Br)c1F. The lowest BCUT2D eigenvalue weighted by atomic mass is 10.2. The second kappa shape index (κ2) is 7.10. The van der Waals surface area contributed by atoms with Crippen LogP contribution in [0.15, 0.2) is 16.6 Å². The van der Waals surface area contributed by atoms with E-state index in [2.05, 4.69) is 15.9 Å². The van der Waals surface area contributed by atoms with Crippen molar-refractivity contribution in [2.24, 2.45) is 0 Å². The Labute approximate surface area is 119 Å². The van der Waals surface area contributed by atoms with E-state index in [1.165, 1.54) is 12.1 Å². The number of hydrogen-bond acceptors (Lipinski definition) is 4. The van der Waals surface area contributed by atoms with Gasteiger partial charge < -0.3 is 9.64 Å². The van der Waals surface area contributed by atoms with Crippen LogP contribution in [0.5, 0.6) is 0 Å². The average molecular weight is 329 g/mol. The molecule has 0 saturated heterocycles. The van der Waals surface area contributed by atoms with E-state index < -0.39 is 5.82 Å². The van der Waals surface area contributed by atoms with Crippen LogP contribution in [0.3, 0.4) is 0 Å². The largest absolute Gasteiger partial charge is 0.466 e. The van der Waals surface area contributed by atoms with Gasteiger partial charge in [-0.2, -0.15) is 5.26 Å². The number of rotatable bonds is 5. The molecule has 1 rings (SSSR count). The van der Waals surface area contributed by atoms with Gasteiger partial charge >= 0.3 is 5.97 Å². The summed E-state index contributed by atoms with van der Waals surface area (Å²) < 4.78 is 19.0. The van der Waals surface area contributed by atoms with Crippen molar-refractivity contribution in [1.29, 1.82) is 5.26 Å². The van der Waals surface area contributed by atoms with Crippen molar-refractivity contribution in [2.45, 2.75) is 13.3 Å². The fraction of sp³-hybridized carbons (Fsp3) is 0.385. The Balaban J connectivity index is 2.78. The molecule has 0 aliphatic heterocycles. The second-order valence-corrected chi connectivity index (χ2v) is 4.64. The highest BCUT2D eigenvalue weighted by atomic mass is 79.9. The Morgan fingerprint density at radius 1 is 1.58 bits per heavy atom. The Kier molecular flexibility index (Phi) is 5.77. The average Bonchev–Trinajstić information content (AvgIpc) is 2.39. The minimum atomic E-state index is -0.509. The fourth-order valence-corrected chi connectivity index (χ4v) is 1.96. The molecule has 0 atom stereocenters. The number of hydrogen-bond donors (Lipinski definition) is 0. The number of carbonyl (C=O) groups excluding carboxylic acids is 1. The number of nitriles is 1. The molecule has 0 aliphatic carbocycles. The van der Waals surface area contributed by atoms with Crippen molar-refractivity contribution < 1.29 is 13.9 Å². The zero-order valence-electron chi connectivity index (χ0n) is 10.7. The van der Waals surface area contributed by atoms with Crippen LogP contribution in [-0.4, -0.2) is 26.2 Å². The fourth-order valence-electron chi connectivity index (χ4n) is 1.53. The summed E-state index contributed by atoms with van der Waals surface area (Å²) in [7, 11) is 1.68. The molecule has 0 unspecified atom stereocenters. The van der Waals surface area contributed by atoms with Gasteiger partial charge in [-0.3, -0.25) is 4.79 Å². The molecule has 19 heavy (non-hydrogen) atoms. The number of benzene rings is 1. The monoisotopic (exact) mass is 328 g/mol. The Morgan fingerprint density at radius 3 is 2.84 bits per heavy atom. The first-order valence-electron chi connectivity index (χ1n) is 5.76. The summed E-state index contributed by atoms with van der Waals surface area (Å²) in [6.07, 6.45) is 0.182. The number of halogens is 2. The molecule has 1 aromatic rings. The van der Waals surface area contributed by atoms with Crippen LogP contribution in [0.1, 0.15) is 18.9 Å². The zero-order chi connectivity index (χ0) is 14.4. The molecule has 0 N–H and O–H groups in total. The smallest absolute Gasteiger partial charge is 0.307 e. The number of nitrogens with zero attached hydrogens (tertiary/aromatic N) is 2. The van der Waals surface area contributed by atoms with E-state index in [4.69, 9.17) is 10.00 Å². The quantitative estimate of drug-likeness (QED) is 0.780. The molecule has 6 heteroatoms. The Bertz CT molecular complexity index is 514. The van der Waals surface area contributed by atoms with Crippen LogP contribution in [0, 0.1) is 17.1 Å². The van der Waals surface area contributed by atoms with Gasteiger partial charge in [0.05, 0.1) is 28.8 Å². The van der Waals surface area contributed by atoms with Crippen molar-refractivity contribution in [3.05, 3.63) is 28.0 Å². The summed E-state index contributed by atoms with van der Waals surface area (Å²) in [5.41, 5.74) is 0.565. The highest BCUT2D eigenvalue weighted by Crippen LogP contribution is 2.28. The molecule has 0 fully saturated rings. The van der Waals surface area contributed by atoms with Gasteiger partial charge in [-0.05, 0) is 35.0 Å². The lowest BCUT2D eigenvalue weighted by molar-refractivity contribution is -0.142. The Morgan fingerprint density at radius 2 is 2.26 bits per heavy atom. The summed E-state index contributed by atoms with van der Waals surface area (Å²) in [6.45, 7) is 2.41. The molecule has 0 aliphatic rings. The van der Waals surface area contributed by atoms with Crippen LogP contribution >= 0.6 is 15.9 Å². The lowest BCUT2D eigenvalue weighted by Crippen LogP contribution is -2.23. The maximum Gasteiger partial charge on any atom is 0.307 e. The minimum Gasteiger partial charge on any atom is -0.466 e. The molecule has 0 amide bonds. The maximum absolute atomic E-state index is 14.0. The van der Waals surface area contributed by atoms with Crippen molar-refractivity contribution in [3.63, 3.8) is 0 Å². The number of ether oxygens (including phenoxy) is 1. The van der Waals surface area contributed by atoms with Crippen molar-refractivity contribution in [1.82, 2.24) is 0 Å². The van der Waals surface area contributed by atoms with Gasteiger partial charge in [0, 0.05) is 13.6 Å². The first-order chi connectivity index (χ1) is 9.01. The number of anilines is 1. The van der Waals surface area contributed by atoms with E-state index in [0.29, 0.717) is 18.8 Å². The van der Waals surface area contributed by atoms with Gasteiger partial charge in [-0.15, -0.1) is 0 Å². The zero-order valence-corrected chi connectivity index (χ0v) is 12.3. The van der Waals surface area contributed by atoms with Crippen LogP contribution < -0.4 is 4.90 Å². The first kappa shape index (κ1) is 15.4. The molecule has 0 saturated carbocycles. The van der Waals surface area contributed by atoms with Gasteiger partial charge in [0.25, 0.3) is 0 Å². The molecule has 0 spiro atoms. The first-order valence-corrected chi connectivity index (χ1v) is 6.55. The van der Waals surface area contributed by atoms with E-state index in [9.17, 15) is 9.18 Å². The molecule has 1 aromatic carbocycles. The normalized spacial score (nSPS) is 9.84. The van der Waals surface area contributed by atoms with E-state index in [-0.39, 0.29) is 22.4 Å². The summed E-state index contributed by atoms with van der Waals surface area (Å²) in [6, 6.07) is 4.94. The van der Waals surface area contributed by atoms with E-state index in [0.717, 1.165) is 0 Å². The van der Waals surface area contributed by atoms with Gasteiger partial charge in [-0.1, -0.05) is 0 Å². The molecule has 0 heterocycles. The summed E-state index contributed by atoms with van der Waals surface area (Å²) >= 11 is 3.05. The maximum atomic E-state index is 14.0. The van der Waals surface area contributed by atoms with Crippen LogP contribution in [0.25, 0.3) is 0 Å². The summed E-state index contributed by atoms with van der Waals surface area (Å²) in [5.74, 6) is -0.826. The summed E-state index contributed by atoms with van der Waals surface area (Å²) in [4.78, 5) is 12.8. The molecule has 102 valence electrons. The molecule has 0 bridgehead atoms. The predicted octanol–water partition coefficient (Wildman–Crippen LogP) is 2.85. The lowest BCUT2D eigenvalue weighted by Gasteiger charge is -2.20. The van der Waals surface area contributed by atoms with Crippen LogP contribution in [0.2, 0.25) is 0 Å². The van der Waals surface area contributed by atoms with Crippen molar-refractivity contribution in [3.8, 4) is 6.07 Å². The third-order valence-electron chi connectivity index (χ3n) is 2.55. The van der Waals surface area contributed by atoms with Crippen molar-refractivity contribution >= 4 is 27.6 Å². The van der Waals surface area contributed by atoms with E-state index >= 15 is 0 Å². The second-order valence-electron chi connectivity index (χ2n) is 3.85. The Hall–Kier alpha value is -1.61. The highest BCUT2D eigenvalue weighted by molar-refractivity contribution is 9.10. The molecule has 0 radical (unpaired) electrons. The highest BCUT2D eigenvalue weighted by Gasteiger charge is 2.15. The van der Waals surface area contributed by atoms with Crippen molar-refractivity contribution in [2.75, 3.05) is 25.1 Å². The van der Waals surface area contributed by atoms with E-state index in [1.54, 1.807) is 18.9 Å². The molecule has 0 aromatic heterocycles. The molecular weight excluding hydrogens is 315 g/mol. The molecule has 4 nitrogen and oxygen atoms in total. The third kappa shape index (κ3) is 3.93. The third-order valence-corrected chi connectivity index (χ3v) is 3.33. The van der Waals surface area contributed by atoms with E-state index in [1.807, 2.05) is 6.07 Å². The topological polar surface area (TPSA) is 53.3 Å². The van der Waals surface area contributed by atoms with Crippen LogP contribution in [-0.2, 0) is 9.53 Å². The number of esters is 1. The molecular formula is C13H14BrFN2O2. The van der Waals surface area contributed by atoms with Gasteiger partial charge in [-0.25, -0.2) is 4.39 Å². The van der Waals surface area contributed by atoms with Gasteiger partial charge in [0.2, 0.25) is 0 Å². The number of carbonyl (C=O) groups is 1. The summed E-state index contributed by atoms with van der Waals surface area (Å²) in [5, 5.41) is 8.79. The minimum absolute atomic E-state index is 0.135. The standard InChI is InChI=1S/C13H14BrFN2O2/c1-3-19-11(18)6-7-17(2)10-5-4-9(8-16)12(14)13(10)15/h4-5H,3,6-7H2,1-2H3.